The van der Waals surface area contributed by atoms with Crippen molar-refractivity contribution in [3.05, 3.63) is 0 Å². The highest BCUT2D eigenvalue weighted by Crippen LogP contribution is 1.88. The molecule has 0 aromatic rings. The van der Waals surface area contributed by atoms with Crippen LogP contribution < -0.4 is 27.0 Å². The van der Waals surface area contributed by atoms with Gasteiger partial charge in [0.15, 0.2) is 0 Å². The summed E-state index contributed by atoms with van der Waals surface area (Å²) in [5, 5.41) is 11.4. The molecule has 0 aromatic carbocycles. The molecule has 8 heteroatoms. The van der Waals surface area contributed by atoms with Crippen LogP contribution in [0.15, 0.2) is 0 Å². The predicted molar refractivity (Wildman–Crippen MR) is 99.9 cm³/mol. The van der Waals surface area contributed by atoms with E-state index in [4.69, 9.17) is 5.73 Å². The minimum atomic E-state index is 0.0922. The average molecular weight is 347 g/mol. The lowest BCUT2D eigenvalue weighted by molar-refractivity contribution is -0.121. The molecule has 0 saturated carbocycles. The third kappa shape index (κ3) is 20.8. The predicted octanol–water partition coefficient (Wildman–Crippen LogP) is -1.28. The second-order valence-electron chi connectivity index (χ2n) is 5.50. The van der Waals surface area contributed by atoms with Crippen molar-refractivity contribution >= 4 is 11.8 Å². The maximum Gasteiger partial charge on any atom is 0.221 e. The first-order valence-corrected chi connectivity index (χ1v) is 8.66. The van der Waals surface area contributed by atoms with Gasteiger partial charge in [-0.1, -0.05) is 0 Å². The summed E-state index contributed by atoms with van der Waals surface area (Å²) in [6.07, 6.45) is 3.22. The van der Waals surface area contributed by atoms with Crippen molar-refractivity contribution in [1.29, 1.82) is 0 Å². The molecule has 6 N–H and O–H groups in total. The van der Waals surface area contributed by atoms with Crippen LogP contribution in [0.2, 0.25) is 0 Å². The Labute approximate surface area is 147 Å². The fourth-order valence-corrected chi connectivity index (χ4v) is 1.73. The highest BCUT2D eigenvalue weighted by molar-refractivity contribution is 5.75. The summed E-state index contributed by atoms with van der Waals surface area (Å²) in [6, 6.07) is 0. The number of nitrogens with zero attached hydrogens (tertiary/aromatic N) is 1. The quantitative estimate of drug-likeness (QED) is 0.266. The molecule has 8 nitrogen and oxygen atoms in total. The van der Waals surface area contributed by atoms with E-state index in [1.807, 2.05) is 14.1 Å². The van der Waals surface area contributed by atoms with E-state index in [0.29, 0.717) is 19.4 Å². The molecule has 0 radical (unpaired) electrons. The molecule has 0 aliphatic rings. The van der Waals surface area contributed by atoms with Gasteiger partial charge in [-0.25, -0.2) is 0 Å². The molecule has 144 valence electrons. The van der Waals surface area contributed by atoms with E-state index >= 15 is 0 Å². The maximum absolute atomic E-state index is 10.8. The summed E-state index contributed by atoms with van der Waals surface area (Å²) in [6.45, 7) is 5.24. The smallest absolute Gasteiger partial charge is 0.221 e. The lowest BCUT2D eigenvalue weighted by Gasteiger charge is -2.14. The lowest BCUT2D eigenvalue weighted by Crippen LogP contribution is -2.28. The summed E-state index contributed by atoms with van der Waals surface area (Å²) in [4.78, 5) is 23.7. The van der Waals surface area contributed by atoms with Crippen LogP contribution in [0.25, 0.3) is 0 Å². The Hall–Kier alpha value is -1.22. The third-order valence-electron chi connectivity index (χ3n) is 3.33. The molecule has 0 aliphatic heterocycles. The van der Waals surface area contributed by atoms with Gasteiger partial charge in [-0.3, -0.25) is 9.59 Å². The highest BCUT2D eigenvalue weighted by atomic mass is 16.2. The average Bonchev–Trinajstić information content (AvgIpc) is 2.60. The van der Waals surface area contributed by atoms with Gasteiger partial charge in [0.1, 0.15) is 0 Å². The van der Waals surface area contributed by atoms with Gasteiger partial charge >= 0.3 is 0 Å². The number of hydrogen-bond donors (Lipinski definition) is 5. The molecule has 0 aliphatic carbocycles. The van der Waals surface area contributed by atoms with Crippen LogP contribution in [0.1, 0.15) is 25.7 Å². The fourth-order valence-electron chi connectivity index (χ4n) is 1.73. The van der Waals surface area contributed by atoms with Gasteiger partial charge in [0, 0.05) is 40.0 Å². The summed E-state index contributed by atoms with van der Waals surface area (Å²) < 4.78 is 0. The lowest BCUT2D eigenvalue weighted by atomic mass is 10.3. The van der Waals surface area contributed by atoms with Gasteiger partial charge in [-0.15, -0.1) is 0 Å². The monoisotopic (exact) mass is 346 g/mol. The van der Waals surface area contributed by atoms with Gasteiger partial charge in [-0.05, 0) is 53.1 Å². The van der Waals surface area contributed by atoms with Crippen LogP contribution in [0, 0.1) is 0 Å². The summed E-state index contributed by atoms with van der Waals surface area (Å²) in [5.41, 5.74) is 5.35. The minimum Gasteiger partial charge on any atom is -0.359 e. The van der Waals surface area contributed by atoms with Crippen LogP contribution in [-0.4, -0.2) is 84.2 Å². The Balaban J connectivity index is 0. The normalized spacial score (nSPS) is 10.1. The van der Waals surface area contributed by atoms with Gasteiger partial charge in [-0.2, -0.15) is 0 Å². The van der Waals surface area contributed by atoms with Crippen molar-refractivity contribution < 1.29 is 9.59 Å². The first-order valence-electron chi connectivity index (χ1n) is 8.66. The third-order valence-corrected chi connectivity index (χ3v) is 3.33. The SMILES string of the molecule is CNC(=O)CCN(C)CCCN.CNCCCNCCC(=O)NC. The molecule has 0 unspecified atom stereocenters. The Morgan fingerprint density at radius 1 is 0.875 bits per heavy atom. The van der Waals surface area contributed by atoms with Crippen molar-refractivity contribution in [2.24, 2.45) is 5.73 Å². The summed E-state index contributed by atoms with van der Waals surface area (Å²) in [7, 11) is 7.24. The Bertz CT molecular complexity index is 302. The molecule has 24 heavy (non-hydrogen) atoms. The van der Waals surface area contributed by atoms with Crippen LogP contribution in [0.4, 0.5) is 0 Å². The Kier molecular flexibility index (Phi) is 20.7. The summed E-state index contributed by atoms with van der Waals surface area (Å²) >= 11 is 0. The molecule has 0 aromatic heterocycles. The molecule has 2 amide bonds. The van der Waals surface area contributed by atoms with Crippen molar-refractivity contribution in [2.45, 2.75) is 25.7 Å². The first kappa shape index (κ1) is 25.0. The number of hydrogen-bond acceptors (Lipinski definition) is 6. The van der Waals surface area contributed by atoms with Gasteiger partial charge in [0.25, 0.3) is 0 Å². The van der Waals surface area contributed by atoms with E-state index < -0.39 is 0 Å². The fraction of sp³-hybridized carbons (Fsp3) is 0.875. The summed E-state index contributed by atoms with van der Waals surface area (Å²) in [5.74, 6) is 0.186. The van der Waals surface area contributed by atoms with E-state index in [0.717, 1.165) is 45.6 Å². The van der Waals surface area contributed by atoms with E-state index in [9.17, 15) is 9.59 Å². The Morgan fingerprint density at radius 3 is 2.04 bits per heavy atom. The molecule has 0 fully saturated rings. The molecule has 0 saturated heterocycles. The highest BCUT2D eigenvalue weighted by Gasteiger charge is 2.01. The second-order valence-corrected chi connectivity index (χ2v) is 5.50. The van der Waals surface area contributed by atoms with Crippen LogP contribution >= 0.6 is 0 Å². The molecule has 0 rings (SSSR count). The zero-order chi connectivity index (χ0) is 18.6. The van der Waals surface area contributed by atoms with Crippen molar-refractivity contribution in [2.75, 3.05) is 67.5 Å². The topological polar surface area (TPSA) is 112 Å². The van der Waals surface area contributed by atoms with E-state index in [-0.39, 0.29) is 11.8 Å². The zero-order valence-electron chi connectivity index (χ0n) is 15.9. The van der Waals surface area contributed by atoms with Crippen molar-refractivity contribution in [3.8, 4) is 0 Å². The van der Waals surface area contributed by atoms with E-state index in [2.05, 4.69) is 26.2 Å². The van der Waals surface area contributed by atoms with E-state index in [1.54, 1.807) is 14.1 Å². The molecule has 0 atom stereocenters. The number of nitrogens with two attached hydrogens (primary N) is 1. The zero-order valence-corrected chi connectivity index (χ0v) is 15.9. The maximum atomic E-state index is 10.8. The Morgan fingerprint density at radius 2 is 1.50 bits per heavy atom. The van der Waals surface area contributed by atoms with E-state index in [1.165, 1.54) is 0 Å². The molecular weight excluding hydrogens is 308 g/mol. The number of amides is 2. The molecule has 0 heterocycles. The van der Waals surface area contributed by atoms with Crippen LogP contribution in [-0.2, 0) is 9.59 Å². The van der Waals surface area contributed by atoms with Gasteiger partial charge < -0.3 is 31.9 Å². The van der Waals surface area contributed by atoms with Crippen molar-refractivity contribution in [3.63, 3.8) is 0 Å². The number of carbonyl (C=O) groups is 2. The van der Waals surface area contributed by atoms with Crippen LogP contribution in [0.3, 0.4) is 0 Å². The largest absolute Gasteiger partial charge is 0.359 e. The van der Waals surface area contributed by atoms with Crippen molar-refractivity contribution in [1.82, 2.24) is 26.2 Å². The second kappa shape index (κ2) is 19.8. The number of rotatable bonds is 13. The van der Waals surface area contributed by atoms with Crippen LogP contribution in [0.5, 0.6) is 0 Å². The number of nitrogens with one attached hydrogen (secondary N) is 4. The molecule has 0 bridgehead atoms. The minimum absolute atomic E-state index is 0.0922. The number of carbonyl (C=O) groups excluding carboxylic acids is 2. The van der Waals surface area contributed by atoms with Gasteiger partial charge in [0.2, 0.25) is 11.8 Å². The standard InChI is InChI=1S/2C8H19N3O/c1-10-8(12)4-7-11(2)6-3-5-9;1-9-5-3-6-11-7-4-8(12)10-2/h3-7,9H2,1-2H3,(H,10,12);9,11H,3-7H2,1-2H3,(H,10,12). The molecular formula is C16H38N6O2. The van der Waals surface area contributed by atoms with Gasteiger partial charge in [0.05, 0.1) is 0 Å². The molecule has 0 spiro atoms. The first-order chi connectivity index (χ1) is 11.5.